The fraction of sp³-hybridized carbons (Fsp3) is 0.467. The van der Waals surface area contributed by atoms with E-state index in [1.807, 2.05) is 6.08 Å². The van der Waals surface area contributed by atoms with Crippen molar-refractivity contribution in [2.45, 2.75) is 45.1 Å². The van der Waals surface area contributed by atoms with Gasteiger partial charge in [-0.2, -0.15) is 0 Å². The van der Waals surface area contributed by atoms with Crippen LogP contribution in [-0.4, -0.2) is 0 Å². The van der Waals surface area contributed by atoms with Crippen molar-refractivity contribution >= 4 is 0 Å². The Bertz CT molecular complexity index is 347. The first-order chi connectivity index (χ1) is 7.46. The van der Waals surface area contributed by atoms with Gasteiger partial charge >= 0.3 is 0 Å². The molecular weight excluding hydrogens is 194 g/mol. The van der Waals surface area contributed by atoms with Gasteiger partial charge in [0.05, 0.1) is 0 Å². The van der Waals surface area contributed by atoms with Gasteiger partial charge in [0.1, 0.15) is 0 Å². The van der Waals surface area contributed by atoms with Crippen molar-refractivity contribution in [2.24, 2.45) is 5.73 Å². The highest BCUT2D eigenvalue weighted by Crippen LogP contribution is 2.30. The van der Waals surface area contributed by atoms with Gasteiger partial charge < -0.3 is 5.73 Å². The van der Waals surface area contributed by atoms with E-state index >= 15 is 0 Å². The molecule has 1 heteroatoms. The van der Waals surface area contributed by atoms with E-state index in [4.69, 9.17) is 5.73 Å². The summed E-state index contributed by atoms with van der Waals surface area (Å²) in [6, 6.07) is 8.61. The van der Waals surface area contributed by atoms with Crippen molar-refractivity contribution in [3.05, 3.63) is 48.0 Å². The monoisotopic (exact) mass is 217 g/mol. The molecule has 0 spiro atoms. The summed E-state index contributed by atoms with van der Waals surface area (Å²) >= 11 is 0. The van der Waals surface area contributed by atoms with Crippen LogP contribution in [0.15, 0.2) is 36.9 Å². The van der Waals surface area contributed by atoms with E-state index in [1.54, 1.807) is 0 Å². The molecule has 1 atom stereocenters. The molecule has 16 heavy (non-hydrogen) atoms. The first kappa shape index (κ1) is 13.0. The maximum atomic E-state index is 6.23. The molecule has 2 N–H and O–H groups in total. The molecule has 0 aliphatic heterocycles. The summed E-state index contributed by atoms with van der Waals surface area (Å²) < 4.78 is 0. The van der Waals surface area contributed by atoms with Crippen LogP contribution in [0.5, 0.6) is 0 Å². The zero-order valence-electron chi connectivity index (χ0n) is 10.7. The molecule has 1 nitrogen and oxygen atoms in total. The predicted molar refractivity (Wildman–Crippen MR) is 71.5 cm³/mol. The first-order valence-electron chi connectivity index (χ1n) is 5.92. The average Bonchev–Trinajstić information content (AvgIpc) is 2.24. The van der Waals surface area contributed by atoms with Crippen LogP contribution in [0.3, 0.4) is 0 Å². The molecule has 1 unspecified atom stereocenters. The normalized spacial score (nSPS) is 13.5. The van der Waals surface area contributed by atoms with E-state index in [9.17, 15) is 0 Å². The minimum absolute atomic E-state index is 0.119. The maximum Gasteiger partial charge on any atom is 0.0300 e. The van der Waals surface area contributed by atoms with Crippen molar-refractivity contribution in [1.29, 1.82) is 0 Å². The Balaban J connectivity index is 2.99. The number of hydrogen-bond acceptors (Lipinski definition) is 1. The second-order valence-corrected chi connectivity index (χ2v) is 5.31. The summed E-state index contributed by atoms with van der Waals surface area (Å²) in [6.45, 7) is 10.4. The van der Waals surface area contributed by atoms with Gasteiger partial charge in [-0.25, -0.2) is 0 Å². The molecule has 88 valence electrons. The lowest BCUT2D eigenvalue weighted by atomic mass is 9.81. The Morgan fingerprint density at radius 2 is 1.94 bits per heavy atom. The topological polar surface area (TPSA) is 26.0 Å². The summed E-state index contributed by atoms with van der Waals surface area (Å²) in [5, 5.41) is 0. The zero-order valence-corrected chi connectivity index (χ0v) is 10.7. The fourth-order valence-electron chi connectivity index (χ4n) is 1.96. The van der Waals surface area contributed by atoms with Crippen LogP contribution in [0.4, 0.5) is 0 Å². The Morgan fingerprint density at radius 3 is 2.50 bits per heavy atom. The van der Waals surface area contributed by atoms with E-state index in [2.05, 4.69) is 51.6 Å². The number of allylic oxidation sites excluding steroid dienone is 1. The van der Waals surface area contributed by atoms with E-state index < -0.39 is 0 Å². The van der Waals surface area contributed by atoms with Crippen molar-refractivity contribution < 1.29 is 0 Å². The number of nitrogens with two attached hydrogens (primary N) is 1. The molecular formula is C15H23N. The van der Waals surface area contributed by atoms with Crippen LogP contribution in [-0.2, 0) is 5.41 Å². The Hall–Kier alpha value is -1.08. The zero-order chi connectivity index (χ0) is 12.2. The molecule has 0 amide bonds. The summed E-state index contributed by atoms with van der Waals surface area (Å²) in [5.41, 5.74) is 9.01. The lowest BCUT2D eigenvalue weighted by Gasteiger charge is -2.25. The van der Waals surface area contributed by atoms with Crippen LogP contribution < -0.4 is 5.73 Å². The highest BCUT2D eigenvalue weighted by Gasteiger charge is 2.19. The third-order valence-electron chi connectivity index (χ3n) is 2.85. The standard InChI is InChI=1S/C15H23N/c1-5-6-11-14(16)12-9-7-8-10-13(12)15(2,3)4/h5,7-10,14H,1,6,11,16H2,2-4H3. The summed E-state index contributed by atoms with van der Waals surface area (Å²) in [7, 11) is 0. The number of rotatable bonds is 4. The molecule has 1 aromatic carbocycles. The quantitative estimate of drug-likeness (QED) is 0.759. The summed E-state index contributed by atoms with van der Waals surface area (Å²) in [5.74, 6) is 0. The van der Waals surface area contributed by atoms with Gasteiger partial charge in [0, 0.05) is 6.04 Å². The predicted octanol–water partition coefficient (Wildman–Crippen LogP) is 3.95. The van der Waals surface area contributed by atoms with Crippen molar-refractivity contribution in [3.8, 4) is 0 Å². The lowest BCUT2D eigenvalue weighted by Crippen LogP contribution is -2.19. The van der Waals surface area contributed by atoms with Crippen molar-refractivity contribution in [3.63, 3.8) is 0 Å². The molecule has 1 rings (SSSR count). The molecule has 1 aromatic rings. The molecule has 0 fully saturated rings. The molecule has 0 bridgehead atoms. The van der Waals surface area contributed by atoms with Gasteiger partial charge in [0.15, 0.2) is 0 Å². The second kappa shape index (κ2) is 5.31. The summed E-state index contributed by atoms with van der Waals surface area (Å²) in [4.78, 5) is 0. The number of benzene rings is 1. The maximum absolute atomic E-state index is 6.23. The van der Waals surface area contributed by atoms with Gasteiger partial charge in [-0.05, 0) is 29.4 Å². The van der Waals surface area contributed by atoms with Crippen molar-refractivity contribution in [1.82, 2.24) is 0 Å². The van der Waals surface area contributed by atoms with Crippen molar-refractivity contribution in [2.75, 3.05) is 0 Å². The molecule has 0 saturated carbocycles. The Labute approximate surface area is 99.4 Å². The third kappa shape index (κ3) is 3.21. The molecule has 0 aromatic heterocycles. The van der Waals surface area contributed by atoms with Crippen LogP contribution in [0.25, 0.3) is 0 Å². The van der Waals surface area contributed by atoms with Crippen LogP contribution in [0.2, 0.25) is 0 Å². The van der Waals surface area contributed by atoms with Gasteiger partial charge in [-0.1, -0.05) is 51.1 Å². The van der Waals surface area contributed by atoms with E-state index in [0.29, 0.717) is 0 Å². The second-order valence-electron chi connectivity index (χ2n) is 5.31. The highest BCUT2D eigenvalue weighted by atomic mass is 14.6. The van der Waals surface area contributed by atoms with E-state index in [1.165, 1.54) is 11.1 Å². The van der Waals surface area contributed by atoms with Crippen LogP contribution in [0.1, 0.15) is 50.8 Å². The largest absolute Gasteiger partial charge is 0.324 e. The molecule has 0 aliphatic carbocycles. The molecule has 0 radical (unpaired) electrons. The van der Waals surface area contributed by atoms with Gasteiger partial charge in [0.25, 0.3) is 0 Å². The van der Waals surface area contributed by atoms with Crippen LogP contribution >= 0.6 is 0 Å². The Morgan fingerprint density at radius 1 is 1.31 bits per heavy atom. The summed E-state index contributed by atoms with van der Waals surface area (Å²) in [6.07, 6.45) is 3.87. The minimum atomic E-state index is 0.119. The van der Waals surface area contributed by atoms with Gasteiger partial charge in [-0.3, -0.25) is 0 Å². The number of hydrogen-bond donors (Lipinski definition) is 1. The molecule has 0 aliphatic rings. The van der Waals surface area contributed by atoms with Gasteiger partial charge in [-0.15, -0.1) is 6.58 Å². The molecule has 0 heterocycles. The minimum Gasteiger partial charge on any atom is -0.324 e. The lowest BCUT2D eigenvalue weighted by molar-refractivity contribution is 0.561. The smallest absolute Gasteiger partial charge is 0.0300 e. The first-order valence-corrected chi connectivity index (χ1v) is 5.92. The van der Waals surface area contributed by atoms with E-state index in [0.717, 1.165) is 12.8 Å². The Kier molecular flexibility index (Phi) is 4.31. The van der Waals surface area contributed by atoms with E-state index in [-0.39, 0.29) is 11.5 Å². The average molecular weight is 217 g/mol. The third-order valence-corrected chi connectivity index (χ3v) is 2.85. The van der Waals surface area contributed by atoms with Gasteiger partial charge in [0.2, 0.25) is 0 Å². The van der Waals surface area contributed by atoms with Crippen LogP contribution in [0, 0.1) is 0 Å². The SMILES string of the molecule is C=CCCC(N)c1ccccc1C(C)(C)C. The highest BCUT2D eigenvalue weighted by molar-refractivity contribution is 5.35. The fourth-order valence-corrected chi connectivity index (χ4v) is 1.96. The molecule has 0 saturated heterocycles.